The van der Waals surface area contributed by atoms with Gasteiger partial charge in [-0.2, -0.15) is 0 Å². The Morgan fingerprint density at radius 3 is 2.53 bits per heavy atom. The van der Waals surface area contributed by atoms with Gasteiger partial charge in [0, 0.05) is 61.5 Å². The summed E-state index contributed by atoms with van der Waals surface area (Å²) in [6, 6.07) is 10.6. The van der Waals surface area contributed by atoms with Crippen LogP contribution >= 0.6 is 0 Å². The molecule has 1 amide bonds. The molecule has 1 N–H and O–H groups in total. The maximum atomic E-state index is 15.3. The Bertz CT molecular complexity index is 1820. The van der Waals surface area contributed by atoms with E-state index in [2.05, 4.69) is 22.6 Å². The highest BCUT2D eigenvalue weighted by Gasteiger charge is 2.32. The van der Waals surface area contributed by atoms with Gasteiger partial charge >= 0.3 is 0 Å². The maximum Gasteiger partial charge on any atom is 0.274 e. The topological polar surface area (TPSA) is 83.6 Å². The van der Waals surface area contributed by atoms with E-state index in [0.29, 0.717) is 59.1 Å². The molecule has 1 aromatic carbocycles. The van der Waals surface area contributed by atoms with Gasteiger partial charge in [-0.3, -0.25) is 14.6 Å². The number of rotatable bonds is 6. The van der Waals surface area contributed by atoms with Crippen molar-refractivity contribution >= 4 is 11.6 Å². The SMILES string of the molecule is CN1CCC(c2ccc(Cc3cc(-c4cc(F)cc(N5CCn6c(cc7c6CCCC7)C5=O)c4CO)cn(C)c3=O)nc2)CC1. The summed E-state index contributed by atoms with van der Waals surface area (Å²) in [6.45, 7) is 2.79. The lowest BCUT2D eigenvalue weighted by Crippen LogP contribution is -2.41. The number of nitrogens with zero attached hydrogens (tertiary/aromatic N) is 5. The van der Waals surface area contributed by atoms with Crippen LogP contribution in [0.5, 0.6) is 0 Å². The number of benzene rings is 1. The highest BCUT2D eigenvalue weighted by atomic mass is 19.1. The lowest BCUT2D eigenvalue weighted by atomic mass is 9.90. The van der Waals surface area contributed by atoms with Crippen molar-refractivity contribution in [2.45, 2.75) is 64.0 Å². The Balaban J connectivity index is 1.20. The summed E-state index contributed by atoms with van der Waals surface area (Å²) in [4.78, 5) is 35.7. The second-order valence-electron chi connectivity index (χ2n) is 12.9. The van der Waals surface area contributed by atoms with Crippen LogP contribution in [-0.4, -0.2) is 56.7 Å². The number of carbonyl (C=O) groups is 1. The molecular formula is C36H40FN5O3. The highest BCUT2D eigenvalue weighted by Crippen LogP contribution is 2.36. The van der Waals surface area contributed by atoms with Gasteiger partial charge in [0.25, 0.3) is 11.5 Å². The minimum absolute atomic E-state index is 0.155. The van der Waals surface area contributed by atoms with Crippen LogP contribution in [0, 0.1) is 5.82 Å². The van der Waals surface area contributed by atoms with Crippen LogP contribution < -0.4 is 10.5 Å². The van der Waals surface area contributed by atoms with Gasteiger partial charge in [-0.1, -0.05) is 6.07 Å². The summed E-state index contributed by atoms with van der Waals surface area (Å²) >= 11 is 0. The van der Waals surface area contributed by atoms with Crippen molar-refractivity contribution in [2.75, 3.05) is 31.6 Å². The van der Waals surface area contributed by atoms with Crippen LogP contribution in [0.2, 0.25) is 0 Å². The second-order valence-corrected chi connectivity index (χ2v) is 12.9. The van der Waals surface area contributed by atoms with Gasteiger partial charge in [0.15, 0.2) is 0 Å². The number of pyridine rings is 2. The fraction of sp³-hybridized carbons (Fsp3) is 0.417. The number of halogens is 1. The van der Waals surface area contributed by atoms with E-state index in [4.69, 9.17) is 4.98 Å². The van der Waals surface area contributed by atoms with Crippen molar-refractivity contribution in [3.63, 3.8) is 0 Å². The van der Waals surface area contributed by atoms with E-state index < -0.39 is 5.82 Å². The van der Waals surface area contributed by atoms with E-state index >= 15 is 4.39 Å². The molecule has 5 heterocycles. The molecule has 1 saturated heterocycles. The number of carbonyl (C=O) groups excluding carboxylic acids is 1. The van der Waals surface area contributed by atoms with Crippen LogP contribution in [0.3, 0.4) is 0 Å². The van der Waals surface area contributed by atoms with E-state index in [1.165, 1.54) is 33.5 Å². The average Bonchev–Trinajstić information content (AvgIpc) is 3.43. The van der Waals surface area contributed by atoms with Gasteiger partial charge < -0.3 is 24.0 Å². The first-order valence-electron chi connectivity index (χ1n) is 16.1. The van der Waals surface area contributed by atoms with Crippen LogP contribution in [-0.2, 0) is 39.5 Å². The molecule has 4 aromatic rings. The van der Waals surface area contributed by atoms with Gasteiger partial charge in [-0.15, -0.1) is 0 Å². The summed E-state index contributed by atoms with van der Waals surface area (Å²) in [7, 11) is 3.83. The molecule has 0 radical (unpaired) electrons. The number of anilines is 1. The zero-order chi connectivity index (χ0) is 31.2. The Hall–Kier alpha value is -4.08. The van der Waals surface area contributed by atoms with Gasteiger partial charge in [0.1, 0.15) is 11.5 Å². The molecule has 7 rings (SSSR count). The molecule has 0 unspecified atom stereocenters. The lowest BCUT2D eigenvalue weighted by Gasteiger charge is -2.31. The first-order chi connectivity index (χ1) is 21.8. The van der Waals surface area contributed by atoms with E-state index in [1.807, 2.05) is 18.3 Å². The molecule has 0 atom stereocenters. The van der Waals surface area contributed by atoms with Crippen molar-refractivity contribution < 1.29 is 14.3 Å². The van der Waals surface area contributed by atoms with Crippen molar-refractivity contribution in [1.29, 1.82) is 0 Å². The minimum Gasteiger partial charge on any atom is -0.392 e. The van der Waals surface area contributed by atoms with Gasteiger partial charge in [-0.05, 0) is 117 Å². The number of aliphatic hydroxyl groups is 1. The third kappa shape index (κ3) is 5.53. The van der Waals surface area contributed by atoms with E-state index in [1.54, 1.807) is 24.2 Å². The summed E-state index contributed by atoms with van der Waals surface area (Å²) in [5.74, 6) is -0.191. The number of aryl methyl sites for hydroxylation is 2. The predicted molar refractivity (Wildman–Crippen MR) is 172 cm³/mol. The minimum atomic E-state index is -0.508. The molecule has 2 aliphatic heterocycles. The molecule has 3 aliphatic rings. The molecule has 1 aliphatic carbocycles. The smallest absolute Gasteiger partial charge is 0.274 e. The largest absolute Gasteiger partial charge is 0.392 e. The first kappa shape index (κ1) is 29.6. The van der Waals surface area contributed by atoms with Crippen LogP contribution in [0.15, 0.2) is 53.6 Å². The molecule has 0 spiro atoms. The Labute approximate surface area is 262 Å². The van der Waals surface area contributed by atoms with Crippen molar-refractivity contribution in [2.24, 2.45) is 7.05 Å². The number of piperidine rings is 1. The quantitative estimate of drug-likeness (QED) is 0.339. The molecule has 234 valence electrons. The molecule has 0 saturated carbocycles. The standard InChI is InChI=1S/C36H40FN5O3/c1-39-11-9-23(10-12-39)25-7-8-29(38-20-25)16-26-15-27(21-40(2)35(26)44)30-18-28(37)19-33(31(30)22-43)42-14-13-41-32-6-4-3-5-24(32)17-34(41)36(42)45/h7-8,15,17-21,23,43H,3-6,9-14,16,22H2,1-2H3. The predicted octanol–water partition coefficient (Wildman–Crippen LogP) is 4.82. The fourth-order valence-corrected chi connectivity index (χ4v) is 7.53. The molecule has 45 heavy (non-hydrogen) atoms. The molecular weight excluding hydrogens is 569 g/mol. The number of aliphatic hydroxyl groups excluding tert-OH is 1. The monoisotopic (exact) mass is 609 g/mol. The molecule has 8 nitrogen and oxygen atoms in total. The fourth-order valence-electron chi connectivity index (χ4n) is 7.53. The number of likely N-dealkylation sites (tertiary alicyclic amines) is 1. The number of amides is 1. The number of fused-ring (bicyclic) bond motifs is 3. The summed E-state index contributed by atoms with van der Waals surface area (Å²) in [5, 5.41) is 10.6. The van der Waals surface area contributed by atoms with Crippen molar-refractivity contribution in [3.8, 4) is 11.1 Å². The van der Waals surface area contributed by atoms with E-state index in [-0.39, 0.29) is 18.1 Å². The van der Waals surface area contributed by atoms with E-state index in [9.17, 15) is 14.7 Å². The summed E-state index contributed by atoms with van der Waals surface area (Å²) < 4.78 is 18.9. The average molecular weight is 610 g/mol. The maximum absolute atomic E-state index is 15.3. The van der Waals surface area contributed by atoms with Crippen LogP contribution in [0.1, 0.15) is 75.7 Å². The lowest BCUT2D eigenvalue weighted by molar-refractivity contribution is 0.0964. The van der Waals surface area contributed by atoms with E-state index in [0.717, 1.165) is 57.3 Å². The molecule has 3 aromatic heterocycles. The zero-order valence-electron chi connectivity index (χ0n) is 26.1. The molecule has 1 fully saturated rings. The first-order valence-corrected chi connectivity index (χ1v) is 16.1. The third-order valence-electron chi connectivity index (χ3n) is 10.0. The number of aromatic nitrogens is 3. The summed E-state index contributed by atoms with van der Waals surface area (Å²) in [5.41, 5.74) is 7.38. The molecule has 0 bridgehead atoms. The van der Waals surface area contributed by atoms with Gasteiger partial charge in [0.2, 0.25) is 0 Å². The molecule has 9 heteroatoms. The zero-order valence-corrected chi connectivity index (χ0v) is 26.1. The second kappa shape index (κ2) is 12.0. The third-order valence-corrected chi connectivity index (χ3v) is 10.0. The van der Waals surface area contributed by atoms with Crippen molar-refractivity contribution in [1.82, 2.24) is 19.0 Å². The van der Waals surface area contributed by atoms with Gasteiger partial charge in [0.05, 0.1) is 12.3 Å². The van der Waals surface area contributed by atoms with Crippen molar-refractivity contribution in [3.05, 3.63) is 104 Å². The van der Waals surface area contributed by atoms with Crippen LogP contribution in [0.25, 0.3) is 11.1 Å². The number of hydrogen-bond donors (Lipinski definition) is 1. The Morgan fingerprint density at radius 1 is 0.978 bits per heavy atom. The summed E-state index contributed by atoms with van der Waals surface area (Å²) in [6.07, 6.45) is 10.3. The normalized spacial score (nSPS) is 17.4. The number of hydrogen-bond acceptors (Lipinski definition) is 5. The Kier molecular flexibility index (Phi) is 7.91. The van der Waals surface area contributed by atoms with Gasteiger partial charge in [-0.25, -0.2) is 4.39 Å². The Morgan fingerprint density at radius 2 is 1.78 bits per heavy atom. The van der Waals surface area contributed by atoms with Crippen LogP contribution in [0.4, 0.5) is 10.1 Å². The highest BCUT2D eigenvalue weighted by molar-refractivity contribution is 6.07.